The zero-order valence-corrected chi connectivity index (χ0v) is 16.7. The molecule has 7 heteroatoms. The summed E-state index contributed by atoms with van der Waals surface area (Å²) in [6, 6.07) is 6.93. The second-order valence-corrected chi connectivity index (χ2v) is 7.81. The Morgan fingerprint density at radius 1 is 1.19 bits per heavy atom. The summed E-state index contributed by atoms with van der Waals surface area (Å²) < 4.78 is 19.3. The number of hydrogen-bond donors (Lipinski definition) is 3. The largest absolute Gasteiger partial charge is 0.444 e. The van der Waals surface area contributed by atoms with Crippen molar-refractivity contribution < 1.29 is 13.9 Å². The molecule has 3 N–H and O–H groups in total. The van der Waals surface area contributed by atoms with Gasteiger partial charge >= 0.3 is 6.09 Å². The van der Waals surface area contributed by atoms with E-state index in [0.717, 1.165) is 24.9 Å². The van der Waals surface area contributed by atoms with Gasteiger partial charge in [-0.05, 0) is 52.2 Å². The van der Waals surface area contributed by atoms with E-state index in [1.807, 2.05) is 39.8 Å². The number of nitrogens with one attached hydrogen (secondary N) is 3. The van der Waals surface area contributed by atoms with Gasteiger partial charge < -0.3 is 20.7 Å². The Bertz CT molecular complexity index is 666. The first kappa shape index (κ1) is 21.0. The molecule has 1 saturated carbocycles. The van der Waals surface area contributed by atoms with Crippen LogP contribution in [0.5, 0.6) is 0 Å². The fourth-order valence-corrected chi connectivity index (χ4v) is 2.79. The number of hydrogen-bond acceptors (Lipinski definition) is 3. The lowest BCUT2D eigenvalue weighted by molar-refractivity contribution is 0.0529. The predicted octanol–water partition coefficient (Wildman–Crippen LogP) is 2.94. The van der Waals surface area contributed by atoms with Crippen LogP contribution in [0.3, 0.4) is 0 Å². The van der Waals surface area contributed by atoms with Crippen molar-refractivity contribution in [2.24, 2.45) is 4.99 Å². The smallest absolute Gasteiger partial charge is 0.407 e. The second-order valence-electron chi connectivity index (χ2n) is 7.81. The third-order valence-electron chi connectivity index (χ3n) is 4.27. The van der Waals surface area contributed by atoms with Gasteiger partial charge in [-0.15, -0.1) is 0 Å². The highest BCUT2D eigenvalue weighted by atomic mass is 19.1. The van der Waals surface area contributed by atoms with Crippen molar-refractivity contribution in [1.29, 1.82) is 0 Å². The number of rotatable bonds is 7. The number of nitrogens with zero attached hydrogens (tertiary/aromatic N) is 1. The minimum absolute atomic E-state index is 0.162. The number of carbonyl (C=O) groups excluding carboxylic acids is 1. The number of aliphatic imine (C=N–C) groups is 1. The number of ether oxygens (including phenoxy) is 1. The summed E-state index contributed by atoms with van der Waals surface area (Å²) in [5.41, 5.74) is 0.0398. The van der Waals surface area contributed by atoms with Crippen molar-refractivity contribution in [3.05, 3.63) is 35.6 Å². The lowest BCUT2D eigenvalue weighted by Gasteiger charge is -2.20. The fraction of sp³-hybridized carbons (Fsp3) is 0.600. The number of amides is 1. The molecule has 0 aromatic heterocycles. The van der Waals surface area contributed by atoms with Crippen LogP contribution in [0.15, 0.2) is 29.3 Å². The molecule has 1 aromatic rings. The van der Waals surface area contributed by atoms with Crippen molar-refractivity contribution in [2.45, 2.75) is 51.6 Å². The molecule has 0 aliphatic heterocycles. The maximum absolute atomic E-state index is 14.1. The molecule has 1 fully saturated rings. The topological polar surface area (TPSA) is 74.8 Å². The highest BCUT2D eigenvalue weighted by Gasteiger charge is 2.45. The van der Waals surface area contributed by atoms with E-state index in [4.69, 9.17) is 4.74 Å². The van der Waals surface area contributed by atoms with Crippen molar-refractivity contribution in [2.75, 3.05) is 26.2 Å². The Hall–Kier alpha value is -2.31. The lowest BCUT2D eigenvalue weighted by atomic mass is 9.95. The molecule has 1 aliphatic rings. The summed E-state index contributed by atoms with van der Waals surface area (Å²) in [5, 5.41) is 9.06. The van der Waals surface area contributed by atoms with Gasteiger partial charge in [-0.1, -0.05) is 18.2 Å². The molecule has 0 bridgehead atoms. The van der Waals surface area contributed by atoms with Crippen LogP contribution in [-0.2, 0) is 10.2 Å². The van der Waals surface area contributed by atoms with Crippen LogP contribution in [0, 0.1) is 5.82 Å². The van der Waals surface area contributed by atoms with Gasteiger partial charge in [0.2, 0.25) is 0 Å². The van der Waals surface area contributed by atoms with E-state index in [-0.39, 0.29) is 11.2 Å². The minimum Gasteiger partial charge on any atom is -0.444 e. The maximum atomic E-state index is 14.1. The van der Waals surface area contributed by atoms with Gasteiger partial charge in [0, 0.05) is 25.0 Å². The number of guanidine groups is 1. The SMILES string of the molecule is CCNC(=NCC1(c2ccccc2F)CC1)NCCNC(=O)OC(C)(C)C. The Kier molecular flexibility index (Phi) is 7.05. The van der Waals surface area contributed by atoms with Crippen LogP contribution in [0.2, 0.25) is 0 Å². The summed E-state index contributed by atoms with van der Waals surface area (Å²) in [6.07, 6.45) is 1.44. The monoisotopic (exact) mass is 378 g/mol. The molecule has 0 atom stereocenters. The van der Waals surface area contributed by atoms with E-state index in [9.17, 15) is 9.18 Å². The zero-order valence-electron chi connectivity index (χ0n) is 16.7. The van der Waals surface area contributed by atoms with Gasteiger partial charge in [0.15, 0.2) is 5.96 Å². The number of carbonyl (C=O) groups is 1. The van der Waals surface area contributed by atoms with E-state index in [1.165, 1.54) is 6.07 Å². The molecular formula is C20H31FN4O2. The van der Waals surface area contributed by atoms with Crippen molar-refractivity contribution in [3.63, 3.8) is 0 Å². The average Bonchev–Trinajstić information content (AvgIpc) is 3.36. The van der Waals surface area contributed by atoms with Gasteiger partial charge in [0.25, 0.3) is 0 Å². The first-order valence-corrected chi connectivity index (χ1v) is 9.50. The van der Waals surface area contributed by atoms with Crippen molar-refractivity contribution >= 4 is 12.1 Å². The van der Waals surface area contributed by atoms with Gasteiger partial charge in [-0.25, -0.2) is 9.18 Å². The molecule has 0 spiro atoms. The van der Waals surface area contributed by atoms with E-state index in [0.29, 0.717) is 25.6 Å². The summed E-state index contributed by atoms with van der Waals surface area (Å²) in [7, 11) is 0. The first-order valence-electron chi connectivity index (χ1n) is 9.50. The summed E-state index contributed by atoms with van der Waals surface area (Å²) >= 11 is 0. The van der Waals surface area contributed by atoms with Crippen LogP contribution in [0.1, 0.15) is 46.1 Å². The second kappa shape index (κ2) is 9.06. The highest BCUT2D eigenvalue weighted by Crippen LogP contribution is 2.49. The quantitative estimate of drug-likeness (QED) is 0.387. The predicted molar refractivity (Wildman–Crippen MR) is 106 cm³/mol. The maximum Gasteiger partial charge on any atom is 0.407 e. The molecule has 1 aromatic carbocycles. The molecule has 0 saturated heterocycles. The highest BCUT2D eigenvalue weighted by molar-refractivity contribution is 5.80. The minimum atomic E-state index is -0.515. The third kappa shape index (κ3) is 6.73. The van der Waals surface area contributed by atoms with E-state index < -0.39 is 11.7 Å². The van der Waals surface area contributed by atoms with Crippen LogP contribution >= 0.6 is 0 Å². The number of halogens is 1. The standard InChI is InChI=1S/C20H31FN4O2/c1-5-22-17(23-12-13-24-18(26)27-19(2,3)4)25-14-20(10-11-20)15-8-6-7-9-16(15)21/h6-9H,5,10-14H2,1-4H3,(H,24,26)(H2,22,23,25). The molecule has 27 heavy (non-hydrogen) atoms. The molecule has 6 nitrogen and oxygen atoms in total. The van der Waals surface area contributed by atoms with Crippen LogP contribution in [-0.4, -0.2) is 43.8 Å². The van der Waals surface area contributed by atoms with Gasteiger partial charge in [0.1, 0.15) is 11.4 Å². The number of benzene rings is 1. The van der Waals surface area contributed by atoms with Crippen LogP contribution in [0.4, 0.5) is 9.18 Å². The average molecular weight is 378 g/mol. The summed E-state index contributed by atoms with van der Waals surface area (Å²) in [4.78, 5) is 16.3. The molecular weight excluding hydrogens is 347 g/mol. The summed E-state index contributed by atoms with van der Waals surface area (Å²) in [6.45, 7) is 9.63. The summed E-state index contributed by atoms with van der Waals surface area (Å²) in [5.74, 6) is 0.496. The molecule has 0 radical (unpaired) electrons. The van der Waals surface area contributed by atoms with Crippen LogP contribution < -0.4 is 16.0 Å². The molecule has 1 aliphatic carbocycles. The Labute approximate surface area is 161 Å². The van der Waals surface area contributed by atoms with Gasteiger partial charge in [-0.3, -0.25) is 4.99 Å². The molecule has 150 valence electrons. The van der Waals surface area contributed by atoms with Crippen molar-refractivity contribution in [1.82, 2.24) is 16.0 Å². The Morgan fingerprint density at radius 3 is 2.44 bits per heavy atom. The first-order chi connectivity index (χ1) is 12.8. The van der Waals surface area contributed by atoms with Crippen molar-refractivity contribution in [3.8, 4) is 0 Å². The lowest BCUT2D eigenvalue weighted by Crippen LogP contribution is -2.42. The fourth-order valence-electron chi connectivity index (χ4n) is 2.79. The van der Waals surface area contributed by atoms with E-state index >= 15 is 0 Å². The van der Waals surface area contributed by atoms with Gasteiger partial charge in [0.05, 0.1) is 6.54 Å². The Morgan fingerprint density at radius 2 is 1.85 bits per heavy atom. The number of alkyl carbamates (subject to hydrolysis) is 1. The molecule has 1 amide bonds. The normalized spacial score (nSPS) is 15.8. The van der Waals surface area contributed by atoms with Gasteiger partial charge in [-0.2, -0.15) is 0 Å². The van der Waals surface area contributed by atoms with E-state index in [2.05, 4.69) is 20.9 Å². The third-order valence-corrected chi connectivity index (χ3v) is 4.27. The van der Waals surface area contributed by atoms with E-state index in [1.54, 1.807) is 6.07 Å². The molecule has 0 heterocycles. The Balaban J connectivity index is 1.84. The molecule has 0 unspecified atom stereocenters. The van der Waals surface area contributed by atoms with Crippen LogP contribution in [0.25, 0.3) is 0 Å². The molecule has 2 rings (SSSR count). The zero-order chi connectivity index (χ0) is 19.9.